The van der Waals surface area contributed by atoms with Crippen molar-refractivity contribution < 1.29 is 24.2 Å². The Labute approximate surface area is 75.9 Å². The Kier molecular flexibility index (Phi) is 5.34. The predicted octanol–water partition coefficient (Wildman–Crippen LogP) is 0.555. The number of hydrogen-bond acceptors (Lipinski definition) is 5. The van der Waals surface area contributed by atoms with Gasteiger partial charge in [-0.05, 0) is 13.8 Å². The third-order valence-corrected chi connectivity index (χ3v) is 1.12. The lowest BCUT2D eigenvalue weighted by Gasteiger charge is -2.04. The Hall–Kier alpha value is -1.52. The van der Waals surface area contributed by atoms with Crippen molar-refractivity contribution in [2.45, 2.75) is 13.8 Å². The zero-order valence-electron chi connectivity index (χ0n) is 7.57. The van der Waals surface area contributed by atoms with E-state index in [9.17, 15) is 9.59 Å². The fourth-order valence-electron chi connectivity index (χ4n) is 0.606. The average molecular weight is 188 g/mol. The van der Waals surface area contributed by atoms with Gasteiger partial charge >= 0.3 is 11.9 Å². The van der Waals surface area contributed by atoms with Crippen LogP contribution in [0.2, 0.25) is 0 Å². The van der Waals surface area contributed by atoms with Gasteiger partial charge in [0.05, 0.1) is 13.2 Å². The van der Waals surface area contributed by atoms with Crippen molar-refractivity contribution in [3.05, 3.63) is 11.8 Å². The van der Waals surface area contributed by atoms with Crippen molar-refractivity contribution in [2.75, 3.05) is 13.2 Å². The largest absolute Gasteiger partial charge is 0.514 e. The first-order chi connectivity index (χ1) is 6.17. The summed E-state index contributed by atoms with van der Waals surface area (Å²) in [4.78, 5) is 21.9. The minimum absolute atomic E-state index is 0.135. The predicted molar refractivity (Wildman–Crippen MR) is 44.0 cm³/mol. The molecule has 0 radical (unpaired) electrons. The quantitative estimate of drug-likeness (QED) is 0.229. The van der Waals surface area contributed by atoms with Gasteiger partial charge in [0.25, 0.3) is 0 Å². The molecular formula is C8H12O5. The number of rotatable bonds is 4. The molecule has 0 aliphatic carbocycles. The third kappa shape index (κ3) is 3.59. The Balaban J connectivity index is 4.35. The molecule has 0 bridgehead atoms. The summed E-state index contributed by atoms with van der Waals surface area (Å²) in [7, 11) is 0. The summed E-state index contributed by atoms with van der Waals surface area (Å²) in [5, 5.41) is 8.56. The summed E-state index contributed by atoms with van der Waals surface area (Å²) in [6, 6.07) is 0. The zero-order valence-corrected chi connectivity index (χ0v) is 7.57. The van der Waals surface area contributed by atoms with Crippen LogP contribution in [0.5, 0.6) is 0 Å². The summed E-state index contributed by atoms with van der Waals surface area (Å²) in [5.74, 6) is -1.77. The highest BCUT2D eigenvalue weighted by Gasteiger charge is 2.20. The monoisotopic (exact) mass is 188 g/mol. The van der Waals surface area contributed by atoms with Crippen molar-refractivity contribution in [1.82, 2.24) is 0 Å². The second-order valence-corrected chi connectivity index (χ2v) is 1.98. The van der Waals surface area contributed by atoms with E-state index in [1.807, 2.05) is 0 Å². The second-order valence-electron chi connectivity index (χ2n) is 1.98. The number of hydrogen-bond donors (Lipinski definition) is 1. The van der Waals surface area contributed by atoms with E-state index in [1.165, 1.54) is 0 Å². The molecule has 0 aromatic carbocycles. The molecule has 0 aromatic heterocycles. The second kappa shape index (κ2) is 6.05. The lowest BCUT2D eigenvalue weighted by molar-refractivity contribution is -0.146. The first kappa shape index (κ1) is 11.5. The van der Waals surface area contributed by atoms with Crippen molar-refractivity contribution in [2.24, 2.45) is 0 Å². The van der Waals surface area contributed by atoms with E-state index in [1.54, 1.807) is 13.8 Å². The maximum absolute atomic E-state index is 10.9. The van der Waals surface area contributed by atoms with Gasteiger partial charge < -0.3 is 14.6 Å². The lowest BCUT2D eigenvalue weighted by Crippen LogP contribution is -2.18. The van der Waals surface area contributed by atoms with E-state index in [0.29, 0.717) is 6.26 Å². The Bertz CT molecular complexity index is 199. The maximum atomic E-state index is 10.9. The Morgan fingerprint density at radius 1 is 1.15 bits per heavy atom. The Morgan fingerprint density at radius 2 is 1.54 bits per heavy atom. The molecule has 5 nitrogen and oxygen atoms in total. The lowest BCUT2D eigenvalue weighted by atomic mass is 10.3. The van der Waals surface area contributed by atoms with Crippen LogP contribution in [0.25, 0.3) is 0 Å². The number of aliphatic hydroxyl groups is 1. The molecule has 0 amide bonds. The molecule has 0 heterocycles. The fraction of sp³-hybridized carbons (Fsp3) is 0.500. The van der Waals surface area contributed by atoms with E-state index >= 15 is 0 Å². The SMILES string of the molecule is CCOC(=O)C(=CO)C(=O)OCC. The molecule has 5 heteroatoms. The minimum atomic E-state index is -0.886. The molecule has 0 unspecified atom stereocenters. The molecule has 1 N–H and O–H groups in total. The average Bonchev–Trinajstić information content (AvgIpc) is 2.06. The molecule has 74 valence electrons. The van der Waals surface area contributed by atoms with Gasteiger partial charge in [0.1, 0.15) is 6.26 Å². The van der Waals surface area contributed by atoms with Gasteiger partial charge in [-0.3, -0.25) is 0 Å². The minimum Gasteiger partial charge on any atom is -0.514 e. The van der Waals surface area contributed by atoms with E-state index in [4.69, 9.17) is 5.11 Å². The summed E-state index contributed by atoms with van der Waals surface area (Å²) in [5.41, 5.74) is -0.497. The summed E-state index contributed by atoms with van der Waals surface area (Å²) < 4.78 is 8.99. The van der Waals surface area contributed by atoms with Crippen LogP contribution in [0.1, 0.15) is 13.8 Å². The molecular weight excluding hydrogens is 176 g/mol. The maximum Gasteiger partial charge on any atom is 0.348 e. The topological polar surface area (TPSA) is 72.8 Å². The molecule has 0 aromatic rings. The molecule has 0 fully saturated rings. The first-order valence-electron chi connectivity index (χ1n) is 3.85. The van der Waals surface area contributed by atoms with E-state index < -0.39 is 17.5 Å². The smallest absolute Gasteiger partial charge is 0.348 e. The van der Waals surface area contributed by atoms with Crippen molar-refractivity contribution >= 4 is 11.9 Å². The number of ether oxygens (including phenoxy) is 2. The standard InChI is InChI=1S/C8H12O5/c1-3-12-7(10)6(5-9)8(11)13-4-2/h5,9H,3-4H2,1-2H3. The Morgan fingerprint density at radius 3 is 1.77 bits per heavy atom. The third-order valence-electron chi connectivity index (χ3n) is 1.12. The number of aliphatic hydroxyl groups excluding tert-OH is 1. The number of carbonyl (C=O) groups excluding carboxylic acids is 2. The highest BCUT2D eigenvalue weighted by atomic mass is 16.6. The summed E-state index contributed by atoms with van der Waals surface area (Å²) in [6.07, 6.45) is 0.385. The zero-order chi connectivity index (χ0) is 10.3. The van der Waals surface area contributed by atoms with Gasteiger partial charge in [0.15, 0.2) is 5.57 Å². The van der Waals surface area contributed by atoms with E-state index in [-0.39, 0.29) is 13.2 Å². The summed E-state index contributed by atoms with van der Waals surface area (Å²) >= 11 is 0. The van der Waals surface area contributed by atoms with Crippen LogP contribution in [0.15, 0.2) is 11.8 Å². The van der Waals surface area contributed by atoms with Crippen LogP contribution in [0, 0.1) is 0 Å². The molecule has 0 atom stereocenters. The van der Waals surface area contributed by atoms with Crippen LogP contribution >= 0.6 is 0 Å². The van der Waals surface area contributed by atoms with Crippen LogP contribution in [0.4, 0.5) is 0 Å². The molecule has 0 aliphatic heterocycles. The van der Waals surface area contributed by atoms with Gasteiger partial charge in [-0.1, -0.05) is 0 Å². The van der Waals surface area contributed by atoms with Crippen LogP contribution < -0.4 is 0 Å². The molecule has 0 saturated carbocycles. The fourth-order valence-corrected chi connectivity index (χ4v) is 0.606. The van der Waals surface area contributed by atoms with E-state index in [2.05, 4.69) is 9.47 Å². The van der Waals surface area contributed by atoms with Crippen LogP contribution in [0.3, 0.4) is 0 Å². The molecule has 0 aliphatic rings. The normalized spacial score (nSPS) is 8.77. The number of esters is 2. The molecule has 0 saturated heterocycles. The first-order valence-corrected chi connectivity index (χ1v) is 3.85. The number of carbonyl (C=O) groups is 2. The van der Waals surface area contributed by atoms with E-state index in [0.717, 1.165) is 0 Å². The van der Waals surface area contributed by atoms with Crippen molar-refractivity contribution in [3.8, 4) is 0 Å². The molecule has 0 rings (SSSR count). The van der Waals surface area contributed by atoms with Gasteiger partial charge in [-0.2, -0.15) is 0 Å². The highest BCUT2D eigenvalue weighted by Crippen LogP contribution is 2.00. The van der Waals surface area contributed by atoms with Gasteiger partial charge in [0.2, 0.25) is 0 Å². The van der Waals surface area contributed by atoms with Crippen LogP contribution in [-0.4, -0.2) is 30.3 Å². The van der Waals surface area contributed by atoms with Gasteiger partial charge in [0, 0.05) is 0 Å². The molecule has 13 heavy (non-hydrogen) atoms. The van der Waals surface area contributed by atoms with Gasteiger partial charge in [-0.25, -0.2) is 9.59 Å². The van der Waals surface area contributed by atoms with Gasteiger partial charge in [-0.15, -0.1) is 0 Å². The van der Waals surface area contributed by atoms with Crippen molar-refractivity contribution in [1.29, 1.82) is 0 Å². The summed E-state index contributed by atoms with van der Waals surface area (Å²) in [6.45, 7) is 3.46. The highest BCUT2D eigenvalue weighted by molar-refractivity contribution is 6.13. The molecule has 0 spiro atoms. The van der Waals surface area contributed by atoms with Crippen molar-refractivity contribution in [3.63, 3.8) is 0 Å². The van der Waals surface area contributed by atoms with Crippen LogP contribution in [-0.2, 0) is 19.1 Å².